The van der Waals surface area contributed by atoms with Gasteiger partial charge in [-0.15, -0.1) is 0 Å². The molecule has 1 saturated carbocycles. The maximum Gasteiger partial charge on any atom is 0.133 e. The molecule has 2 nitrogen and oxygen atoms in total. The SMILES string of the molecule is CC[C@H](CO)C1CC(=O)CC[C@]1(C)C(C)CCC(C)(C)C. The first-order valence-corrected chi connectivity index (χ1v) is 8.76. The maximum absolute atomic E-state index is 12.0. The number of carbonyl (C=O) groups is 1. The van der Waals surface area contributed by atoms with Crippen molar-refractivity contribution in [1.82, 2.24) is 0 Å². The molecule has 0 aromatic carbocycles. The molecule has 0 aliphatic heterocycles. The predicted molar refractivity (Wildman–Crippen MR) is 89.2 cm³/mol. The highest BCUT2D eigenvalue weighted by atomic mass is 16.3. The molecule has 0 amide bonds. The van der Waals surface area contributed by atoms with Crippen molar-refractivity contribution < 1.29 is 9.90 Å². The van der Waals surface area contributed by atoms with Crippen LogP contribution in [0.25, 0.3) is 0 Å². The molecule has 0 saturated heterocycles. The van der Waals surface area contributed by atoms with Gasteiger partial charge in [-0.05, 0) is 47.8 Å². The predicted octanol–water partition coefficient (Wildman–Crippen LogP) is 4.84. The zero-order valence-electron chi connectivity index (χ0n) is 15.0. The van der Waals surface area contributed by atoms with Gasteiger partial charge in [0.2, 0.25) is 0 Å². The largest absolute Gasteiger partial charge is 0.396 e. The van der Waals surface area contributed by atoms with Gasteiger partial charge >= 0.3 is 0 Å². The zero-order valence-corrected chi connectivity index (χ0v) is 15.0. The number of carbonyl (C=O) groups excluding carboxylic acids is 1. The van der Waals surface area contributed by atoms with E-state index in [2.05, 4.69) is 41.5 Å². The lowest BCUT2D eigenvalue weighted by Crippen LogP contribution is -2.44. The molecule has 21 heavy (non-hydrogen) atoms. The van der Waals surface area contributed by atoms with Crippen molar-refractivity contribution in [2.45, 2.75) is 80.1 Å². The van der Waals surface area contributed by atoms with E-state index in [4.69, 9.17) is 0 Å². The minimum atomic E-state index is 0.197. The van der Waals surface area contributed by atoms with E-state index in [9.17, 15) is 9.90 Å². The van der Waals surface area contributed by atoms with E-state index in [1.165, 1.54) is 12.8 Å². The first-order chi connectivity index (χ1) is 9.64. The molecular weight excluding hydrogens is 260 g/mol. The van der Waals surface area contributed by atoms with Crippen LogP contribution in [0.4, 0.5) is 0 Å². The molecule has 1 N–H and O–H groups in total. The van der Waals surface area contributed by atoms with E-state index in [-0.39, 0.29) is 17.9 Å². The van der Waals surface area contributed by atoms with Crippen LogP contribution in [0.3, 0.4) is 0 Å². The van der Waals surface area contributed by atoms with Crippen molar-refractivity contribution in [2.24, 2.45) is 28.6 Å². The van der Waals surface area contributed by atoms with Gasteiger partial charge < -0.3 is 5.11 Å². The first-order valence-electron chi connectivity index (χ1n) is 8.76. The van der Waals surface area contributed by atoms with Crippen molar-refractivity contribution in [2.75, 3.05) is 6.61 Å². The van der Waals surface area contributed by atoms with Crippen LogP contribution < -0.4 is 0 Å². The molecule has 0 aromatic rings. The number of aliphatic hydroxyl groups is 1. The monoisotopic (exact) mass is 296 g/mol. The number of hydrogen-bond acceptors (Lipinski definition) is 2. The quantitative estimate of drug-likeness (QED) is 0.761. The third-order valence-electron chi connectivity index (χ3n) is 6.02. The lowest BCUT2D eigenvalue weighted by molar-refractivity contribution is -0.129. The van der Waals surface area contributed by atoms with E-state index in [1.807, 2.05) is 0 Å². The minimum Gasteiger partial charge on any atom is -0.396 e. The minimum absolute atomic E-state index is 0.197. The van der Waals surface area contributed by atoms with Crippen LogP contribution in [0.15, 0.2) is 0 Å². The Bertz CT molecular complexity index is 338. The van der Waals surface area contributed by atoms with Gasteiger partial charge in [0.1, 0.15) is 5.78 Å². The van der Waals surface area contributed by atoms with Gasteiger partial charge in [-0.2, -0.15) is 0 Å². The van der Waals surface area contributed by atoms with Gasteiger partial charge in [0, 0.05) is 19.4 Å². The Morgan fingerprint density at radius 2 is 2.00 bits per heavy atom. The van der Waals surface area contributed by atoms with Gasteiger partial charge in [0.05, 0.1) is 0 Å². The Balaban J connectivity index is 2.88. The van der Waals surface area contributed by atoms with E-state index in [0.717, 1.165) is 19.3 Å². The fourth-order valence-corrected chi connectivity index (χ4v) is 4.01. The van der Waals surface area contributed by atoms with E-state index >= 15 is 0 Å². The highest BCUT2D eigenvalue weighted by Crippen LogP contribution is 2.51. The van der Waals surface area contributed by atoms with E-state index < -0.39 is 0 Å². The van der Waals surface area contributed by atoms with Crippen LogP contribution in [0.1, 0.15) is 80.1 Å². The van der Waals surface area contributed by atoms with Gasteiger partial charge in [-0.1, -0.05) is 48.0 Å². The number of ketones is 1. The summed E-state index contributed by atoms with van der Waals surface area (Å²) in [5, 5.41) is 9.73. The molecule has 2 heteroatoms. The summed E-state index contributed by atoms with van der Waals surface area (Å²) in [7, 11) is 0. The molecule has 2 unspecified atom stereocenters. The summed E-state index contributed by atoms with van der Waals surface area (Å²) < 4.78 is 0. The number of Topliss-reactive ketones (excluding diaryl/α,β-unsaturated/α-hetero) is 1. The highest BCUT2D eigenvalue weighted by Gasteiger charge is 2.45. The molecule has 0 bridgehead atoms. The van der Waals surface area contributed by atoms with Crippen LogP contribution in [-0.4, -0.2) is 17.5 Å². The van der Waals surface area contributed by atoms with Gasteiger partial charge in [0.15, 0.2) is 0 Å². The van der Waals surface area contributed by atoms with Crippen molar-refractivity contribution >= 4 is 5.78 Å². The average molecular weight is 296 g/mol. The lowest BCUT2D eigenvalue weighted by atomic mass is 9.56. The second-order valence-electron chi connectivity index (χ2n) is 8.71. The Kier molecular flexibility index (Phi) is 6.46. The summed E-state index contributed by atoms with van der Waals surface area (Å²) in [6, 6.07) is 0. The van der Waals surface area contributed by atoms with Gasteiger partial charge in [-0.3, -0.25) is 4.79 Å². The molecule has 1 fully saturated rings. The van der Waals surface area contributed by atoms with Crippen molar-refractivity contribution in [3.8, 4) is 0 Å². The van der Waals surface area contributed by atoms with Gasteiger partial charge in [-0.25, -0.2) is 0 Å². The third kappa shape index (κ3) is 4.81. The molecule has 0 heterocycles. The molecule has 0 aromatic heterocycles. The molecule has 0 radical (unpaired) electrons. The standard InChI is InChI=1S/C19H36O2/c1-7-15(13-20)17-12-16(21)9-11-19(17,6)14(2)8-10-18(3,4)5/h14-15,17,20H,7-13H2,1-6H3/t14?,15-,17?,19-/m1/s1. The number of rotatable bonds is 6. The number of hydrogen-bond donors (Lipinski definition) is 1. The Hall–Kier alpha value is -0.370. The van der Waals surface area contributed by atoms with Crippen LogP contribution in [-0.2, 0) is 4.79 Å². The summed E-state index contributed by atoms with van der Waals surface area (Å²) in [6.45, 7) is 14.0. The average Bonchev–Trinajstić information content (AvgIpc) is 2.40. The normalized spacial score (nSPS) is 30.2. The molecule has 124 valence electrons. The summed E-state index contributed by atoms with van der Waals surface area (Å²) in [5.74, 6) is 1.63. The summed E-state index contributed by atoms with van der Waals surface area (Å²) in [4.78, 5) is 12.0. The molecule has 1 rings (SSSR count). The topological polar surface area (TPSA) is 37.3 Å². The summed E-state index contributed by atoms with van der Waals surface area (Å²) in [6.07, 6.45) is 5.81. The number of aliphatic hydroxyl groups excluding tert-OH is 1. The van der Waals surface area contributed by atoms with Crippen molar-refractivity contribution in [3.05, 3.63) is 0 Å². The van der Waals surface area contributed by atoms with Crippen molar-refractivity contribution in [3.63, 3.8) is 0 Å². The van der Waals surface area contributed by atoms with E-state index in [0.29, 0.717) is 29.5 Å². The summed E-state index contributed by atoms with van der Waals surface area (Å²) >= 11 is 0. The van der Waals surface area contributed by atoms with Crippen LogP contribution in [0, 0.1) is 28.6 Å². The van der Waals surface area contributed by atoms with E-state index in [1.54, 1.807) is 0 Å². The zero-order chi connectivity index (χ0) is 16.3. The van der Waals surface area contributed by atoms with Crippen molar-refractivity contribution in [1.29, 1.82) is 0 Å². The molecular formula is C19H36O2. The van der Waals surface area contributed by atoms with Crippen LogP contribution >= 0.6 is 0 Å². The van der Waals surface area contributed by atoms with Crippen LogP contribution in [0.5, 0.6) is 0 Å². The molecule has 4 atom stereocenters. The molecule has 1 aliphatic rings. The highest BCUT2D eigenvalue weighted by molar-refractivity contribution is 5.79. The second-order valence-corrected chi connectivity index (χ2v) is 8.71. The molecule has 0 spiro atoms. The molecule has 1 aliphatic carbocycles. The summed E-state index contributed by atoms with van der Waals surface area (Å²) in [5.41, 5.74) is 0.564. The Morgan fingerprint density at radius 1 is 1.38 bits per heavy atom. The third-order valence-corrected chi connectivity index (χ3v) is 6.02. The first kappa shape index (κ1) is 18.7. The Morgan fingerprint density at radius 3 is 2.48 bits per heavy atom. The fourth-order valence-electron chi connectivity index (χ4n) is 4.01. The lowest BCUT2D eigenvalue weighted by Gasteiger charge is -2.49. The maximum atomic E-state index is 12.0. The fraction of sp³-hybridized carbons (Fsp3) is 0.947. The smallest absolute Gasteiger partial charge is 0.133 e. The van der Waals surface area contributed by atoms with Gasteiger partial charge in [0.25, 0.3) is 0 Å². The second kappa shape index (κ2) is 7.26. The van der Waals surface area contributed by atoms with Crippen LogP contribution in [0.2, 0.25) is 0 Å². The Labute approximate surface area is 131 Å².